The standard InChI is InChI=1S/C12H22N2O4/c1-14(12(18)13-7-6-11(16)17)8-9-4-2-3-5-10(9)15/h9-10,15H,2-8H2,1H3,(H,13,18)(H,16,17). The van der Waals surface area contributed by atoms with Crippen molar-refractivity contribution in [1.29, 1.82) is 0 Å². The normalized spacial score (nSPS) is 23.4. The number of aliphatic hydroxyl groups is 1. The van der Waals surface area contributed by atoms with E-state index in [1.54, 1.807) is 7.05 Å². The molecule has 1 fully saturated rings. The van der Waals surface area contributed by atoms with Crippen molar-refractivity contribution in [2.24, 2.45) is 5.92 Å². The van der Waals surface area contributed by atoms with Crippen LogP contribution in [-0.4, -0.2) is 53.4 Å². The third kappa shape index (κ3) is 4.91. The first kappa shape index (κ1) is 14.8. The van der Waals surface area contributed by atoms with Crippen LogP contribution in [0.15, 0.2) is 0 Å². The number of aliphatic carboxylic acids is 1. The van der Waals surface area contributed by atoms with Crippen LogP contribution in [-0.2, 0) is 4.79 Å². The number of nitrogens with zero attached hydrogens (tertiary/aromatic N) is 1. The SMILES string of the molecule is CN(CC1CCCCC1O)C(=O)NCCC(=O)O. The molecule has 3 N–H and O–H groups in total. The van der Waals surface area contributed by atoms with E-state index in [0.29, 0.717) is 6.54 Å². The Labute approximate surface area is 107 Å². The average Bonchev–Trinajstić information content (AvgIpc) is 2.31. The summed E-state index contributed by atoms with van der Waals surface area (Å²) < 4.78 is 0. The highest BCUT2D eigenvalue weighted by atomic mass is 16.4. The van der Waals surface area contributed by atoms with Crippen molar-refractivity contribution in [3.05, 3.63) is 0 Å². The third-order valence-corrected chi connectivity index (χ3v) is 3.34. The summed E-state index contributed by atoms with van der Waals surface area (Å²) in [5.41, 5.74) is 0. The van der Waals surface area contributed by atoms with Crippen molar-refractivity contribution in [3.63, 3.8) is 0 Å². The van der Waals surface area contributed by atoms with Gasteiger partial charge in [0, 0.05) is 26.1 Å². The number of carbonyl (C=O) groups excluding carboxylic acids is 1. The maximum Gasteiger partial charge on any atom is 0.317 e. The molecule has 0 spiro atoms. The van der Waals surface area contributed by atoms with E-state index < -0.39 is 5.97 Å². The van der Waals surface area contributed by atoms with Gasteiger partial charge in [-0.1, -0.05) is 12.8 Å². The fourth-order valence-electron chi connectivity index (χ4n) is 2.25. The van der Waals surface area contributed by atoms with Crippen LogP contribution in [0, 0.1) is 5.92 Å². The molecule has 0 radical (unpaired) electrons. The predicted molar refractivity (Wildman–Crippen MR) is 66.2 cm³/mol. The molecule has 0 aromatic rings. The molecule has 1 saturated carbocycles. The van der Waals surface area contributed by atoms with Crippen LogP contribution in [0.1, 0.15) is 32.1 Å². The van der Waals surface area contributed by atoms with E-state index in [1.807, 2.05) is 0 Å². The number of hydrogen-bond donors (Lipinski definition) is 3. The Morgan fingerprint density at radius 2 is 2.00 bits per heavy atom. The quantitative estimate of drug-likeness (QED) is 0.675. The second kappa shape index (κ2) is 7.20. The van der Waals surface area contributed by atoms with Crippen LogP contribution in [0.5, 0.6) is 0 Å². The molecule has 104 valence electrons. The zero-order chi connectivity index (χ0) is 13.5. The summed E-state index contributed by atoms with van der Waals surface area (Å²) >= 11 is 0. The molecule has 1 aliphatic rings. The molecule has 0 saturated heterocycles. The first-order chi connectivity index (χ1) is 8.50. The highest BCUT2D eigenvalue weighted by Gasteiger charge is 2.25. The number of nitrogens with one attached hydrogen (secondary N) is 1. The van der Waals surface area contributed by atoms with Crippen molar-refractivity contribution >= 4 is 12.0 Å². The number of amides is 2. The second-order valence-electron chi connectivity index (χ2n) is 4.87. The zero-order valence-corrected chi connectivity index (χ0v) is 10.8. The van der Waals surface area contributed by atoms with Crippen LogP contribution in [0.25, 0.3) is 0 Å². The number of carboxylic acids is 1. The minimum absolute atomic E-state index is 0.0777. The molecular formula is C12H22N2O4. The first-order valence-corrected chi connectivity index (χ1v) is 6.39. The van der Waals surface area contributed by atoms with Crippen LogP contribution in [0.2, 0.25) is 0 Å². The lowest BCUT2D eigenvalue weighted by Gasteiger charge is -2.31. The molecule has 2 unspecified atom stereocenters. The number of rotatable bonds is 5. The summed E-state index contributed by atoms with van der Waals surface area (Å²) in [6.45, 7) is 0.645. The van der Waals surface area contributed by atoms with Gasteiger partial charge in [-0.3, -0.25) is 4.79 Å². The summed E-state index contributed by atoms with van der Waals surface area (Å²) in [5.74, 6) is -0.797. The minimum Gasteiger partial charge on any atom is -0.481 e. The monoisotopic (exact) mass is 258 g/mol. The van der Waals surface area contributed by atoms with Gasteiger partial charge in [0.05, 0.1) is 12.5 Å². The summed E-state index contributed by atoms with van der Waals surface area (Å²) in [7, 11) is 1.66. The predicted octanol–water partition coefficient (Wildman–Crippen LogP) is 0.654. The maximum absolute atomic E-state index is 11.6. The van der Waals surface area contributed by atoms with Gasteiger partial charge >= 0.3 is 12.0 Å². The van der Waals surface area contributed by atoms with Crippen LogP contribution in [0.3, 0.4) is 0 Å². The molecule has 18 heavy (non-hydrogen) atoms. The van der Waals surface area contributed by atoms with Crippen molar-refractivity contribution in [1.82, 2.24) is 10.2 Å². The Kier molecular flexibility index (Phi) is 5.91. The van der Waals surface area contributed by atoms with E-state index in [-0.39, 0.29) is 31.0 Å². The van der Waals surface area contributed by atoms with Gasteiger partial charge in [0.2, 0.25) is 0 Å². The largest absolute Gasteiger partial charge is 0.481 e. The minimum atomic E-state index is -0.930. The molecule has 0 aromatic heterocycles. The fraction of sp³-hybridized carbons (Fsp3) is 0.833. The van der Waals surface area contributed by atoms with Crippen molar-refractivity contribution in [2.45, 2.75) is 38.2 Å². The molecule has 1 aliphatic carbocycles. The third-order valence-electron chi connectivity index (χ3n) is 3.34. The first-order valence-electron chi connectivity index (χ1n) is 6.39. The Bertz CT molecular complexity index is 296. The van der Waals surface area contributed by atoms with E-state index >= 15 is 0 Å². The number of carbonyl (C=O) groups is 2. The topological polar surface area (TPSA) is 89.9 Å². The Hall–Kier alpha value is -1.30. The molecule has 2 amide bonds. The molecule has 0 bridgehead atoms. The molecular weight excluding hydrogens is 236 g/mol. The van der Waals surface area contributed by atoms with Crippen molar-refractivity contribution in [2.75, 3.05) is 20.1 Å². The average molecular weight is 258 g/mol. The van der Waals surface area contributed by atoms with E-state index in [1.165, 1.54) is 4.90 Å². The number of aliphatic hydroxyl groups excluding tert-OH is 1. The lowest BCUT2D eigenvalue weighted by molar-refractivity contribution is -0.136. The van der Waals surface area contributed by atoms with Crippen molar-refractivity contribution < 1.29 is 19.8 Å². The summed E-state index contributed by atoms with van der Waals surface area (Å²) in [5, 5.41) is 20.8. The van der Waals surface area contributed by atoms with E-state index in [4.69, 9.17) is 5.11 Å². The molecule has 6 heteroatoms. The second-order valence-corrected chi connectivity index (χ2v) is 4.87. The fourth-order valence-corrected chi connectivity index (χ4v) is 2.25. The Morgan fingerprint density at radius 1 is 1.33 bits per heavy atom. The lowest BCUT2D eigenvalue weighted by Crippen LogP contribution is -2.43. The highest BCUT2D eigenvalue weighted by Crippen LogP contribution is 2.24. The Balaban J connectivity index is 2.27. The summed E-state index contributed by atoms with van der Waals surface area (Å²) in [6.07, 6.45) is 3.48. The van der Waals surface area contributed by atoms with Gasteiger partial charge in [-0.2, -0.15) is 0 Å². The number of hydrogen-bond acceptors (Lipinski definition) is 3. The smallest absolute Gasteiger partial charge is 0.317 e. The number of urea groups is 1. The summed E-state index contributed by atoms with van der Waals surface area (Å²) in [6, 6.07) is -0.283. The van der Waals surface area contributed by atoms with Crippen LogP contribution >= 0.6 is 0 Å². The van der Waals surface area contributed by atoms with E-state index in [9.17, 15) is 14.7 Å². The molecule has 0 aromatic carbocycles. The van der Waals surface area contributed by atoms with Gasteiger partial charge in [-0.05, 0) is 12.8 Å². The molecule has 6 nitrogen and oxygen atoms in total. The molecule has 2 atom stereocenters. The van der Waals surface area contributed by atoms with E-state index in [2.05, 4.69) is 5.32 Å². The van der Waals surface area contributed by atoms with Gasteiger partial charge in [0.1, 0.15) is 0 Å². The molecule has 0 aliphatic heterocycles. The van der Waals surface area contributed by atoms with E-state index in [0.717, 1.165) is 25.7 Å². The lowest BCUT2D eigenvalue weighted by atomic mass is 9.86. The highest BCUT2D eigenvalue weighted by molar-refractivity contribution is 5.74. The number of carboxylic acid groups (broad SMARTS) is 1. The summed E-state index contributed by atoms with van der Waals surface area (Å²) in [4.78, 5) is 23.5. The Morgan fingerprint density at radius 3 is 2.61 bits per heavy atom. The maximum atomic E-state index is 11.6. The van der Waals surface area contributed by atoms with Gasteiger partial charge in [-0.15, -0.1) is 0 Å². The van der Waals surface area contributed by atoms with Gasteiger partial charge in [0.15, 0.2) is 0 Å². The van der Waals surface area contributed by atoms with Gasteiger partial charge < -0.3 is 20.4 Å². The van der Waals surface area contributed by atoms with Crippen LogP contribution < -0.4 is 5.32 Å². The van der Waals surface area contributed by atoms with Gasteiger partial charge in [0.25, 0.3) is 0 Å². The van der Waals surface area contributed by atoms with Crippen LogP contribution in [0.4, 0.5) is 4.79 Å². The van der Waals surface area contributed by atoms with Gasteiger partial charge in [-0.25, -0.2) is 4.79 Å². The molecule has 0 heterocycles. The zero-order valence-electron chi connectivity index (χ0n) is 10.8. The van der Waals surface area contributed by atoms with Crippen molar-refractivity contribution in [3.8, 4) is 0 Å². The molecule has 1 rings (SSSR count).